The summed E-state index contributed by atoms with van der Waals surface area (Å²) in [5, 5.41) is 1.97. The van der Waals surface area contributed by atoms with Crippen molar-refractivity contribution in [2.45, 2.75) is 0 Å². The Labute approximate surface area is 66.6 Å². The van der Waals surface area contributed by atoms with Crippen LogP contribution in [-0.4, -0.2) is 0 Å². The maximum atomic E-state index is 5.69. The van der Waals surface area contributed by atoms with Crippen molar-refractivity contribution in [3.8, 4) is 0 Å². The molecule has 0 fully saturated rings. The molecule has 0 radical (unpaired) electrons. The summed E-state index contributed by atoms with van der Waals surface area (Å²) >= 11 is 9.82. The van der Waals surface area contributed by atoms with Crippen LogP contribution >= 0.6 is 31.6 Å². The molecular formula is C6H6ClPS. The standard InChI is InChI=1S/C6H6ClPS/c7-5-2-1-3-6(4-5)8-9/h1-4,8-9H. The average molecular weight is 177 g/mol. The van der Waals surface area contributed by atoms with E-state index in [1.165, 1.54) is 5.30 Å². The summed E-state index contributed by atoms with van der Waals surface area (Å²) in [6.07, 6.45) is 0. The summed E-state index contributed by atoms with van der Waals surface area (Å²) in [7, 11) is 0.536. The van der Waals surface area contributed by atoms with Crippen LogP contribution in [0.15, 0.2) is 24.3 Å². The second-order valence-electron chi connectivity index (χ2n) is 1.62. The Bertz CT molecular complexity index is 202. The van der Waals surface area contributed by atoms with Crippen LogP contribution < -0.4 is 5.30 Å². The first kappa shape index (κ1) is 7.40. The van der Waals surface area contributed by atoms with Gasteiger partial charge in [-0.05, 0) is 25.2 Å². The second kappa shape index (κ2) is 3.46. The third-order valence-corrected chi connectivity index (χ3v) is 2.53. The molecule has 0 spiro atoms. The van der Waals surface area contributed by atoms with Crippen molar-refractivity contribution < 1.29 is 0 Å². The molecule has 1 unspecified atom stereocenters. The van der Waals surface area contributed by atoms with Crippen LogP contribution in [0.4, 0.5) is 0 Å². The van der Waals surface area contributed by atoms with Crippen molar-refractivity contribution in [2.24, 2.45) is 0 Å². The van der Waals surface area contributed by atoms with E-state index in [0.29, 0.717) is 7.78 Å². The minimum atomic E-state index is 0.536. The summed E-state index contributed by atoms with van der Waals surface area (Å²) in [6, 6.07) is 7.73. The fourth-order valence-electron chi connectivity index (χ4n) is 0.558. The van der Waals surface area contributed by atoms with Gasteiger partial charge < -0.3 is 0 Å². The molecule has 0 saturated heterocycles. The number of rotatable bonds is 1. The molecule has 0 saturated carbocycles. The van der Waals surface area contributed by atoms with Crippen molar-refractivity contribution in [1.29, 1.82) is 0 Å². The van der Waals surface area contributed by atoms with E-state index >= 15 is 0 Å². The predicted molar refractivity (Wildman–Crippen MR) is 48.4 cm³/mol. The Morgan fingerprint density at radius 1 is 1.44 bits per heavy atom. The highest BCUT2D eigenvalue weighted by atomic mass is 35.5. The van der Waals surface area contributed by atoms with Gasteiger partial charge in [-0.3, -0.25) is 0 Å². The molecule has 1 aromatic carbocycles. The first-order chi connectivity index (χ1) is 4.33. The number of halogens is 1. The van der Waals surface area contributed by atoms with Crippen LogP contribution in [0.3, 0.4) is 0 Å². The van der Waals surface area contributed by atoms with Crippen LogP contribution in [0.1, 0.15) is 0 Å². The van der Waals surface area contributed by atoms with E-state index in [0.717, 1.165) is 5.02 Å². The molecule has 48 valence electrons. The molecule has 1 aromatic rings. The zero-order valence-electron chi connectivity index (χ0n) is 4.63. The largest absolute Gasteiger partial charge is 0.150 e. The number of thiol groups is 1. The third kappa shape index (κ3) is 2.17. The van der Waals surface area contributed by atoms with Gasteiger partial charge >= 0.3 is 0 Å². The van der Waals surface area contributed by atoms with Crippen LogP contribution in [0.25, 0.3) is 0 Å². The van der Waals surface area contributed by atoms with E-state index in [1.807, 2.05) is 24.3 Å². The molecular weight excluding hydrogens is 171 g/mol. The predicted octanol–water partition coefficient (Wildman–Crippen LogP) is 2.49. The summed E-state index contributed by atoms with van der Waals surface area (Å²) in [4.78, 5) is 0. The Kier molecular flexibility index (Phi) is 2.84. The van der Waals surface area contributed by atoms with E-state index < -0.39 is 0 Å². The van der Waals surface area contributed by atoms with E-state index in [2.05, 4.69) is 12.2 Å². The van der Waals surface area contributed by atoms with Gasteiger partial charge in [0, 0.05) is 5.02 Å². The fraction of sp³-hybridized carbons (Fsp3) is 0. The Morgan fingerprint density at radius 2 is 2.22 bits per heavy atom. The lowest BCUT2D eigenvalue weighted by Crippen LogP contribution is -1.87. The van der Waals surface area contributed by atoms with Crippen molar-refractivity contribution in [3.05, 3.63) is 29.3 Å². The highest BCUT2D eigenvalue weighted by Gasteiger charge is 1.88. The van der Waals surface area contributed by atoms with Gasteiger partial charge in [0.15, 0.2) is 0 Å². The first-order valence-electron chi connectivity index (χ1n) is 2.48. The quantitative estimate of drug-likeness (QED) is 0.493. The Morgan fingerprint density at radius 3 is 2.67 bits per heavy atom. The summed E-state index contributed by atoms with van der Waals surface area (Å²) < 4.78 is 0. The Balaban J connectivity index is 2.94. The molecule has 0 aliphatic rings. The molecule has 0 N–H and O–H groups in total. The molecule has 0 amide bonds. The van der Waals surface area contributed by atoms with Gasteiger partial charge in [-0.1, -0.05) is 23.7 Å². The molecule has 0 aliphatic heterocycles. The van der Waals surface area contributed by atoms with Gasteiger partial charge in [0.1, 0.15) is 0 Å². The lowest BCUT2D eigenvalue weighted by Gasteiger charge is -1.93. The molecule has 0 nitrogen and oxygen atoms in total. The molecule has 1 atom stereocenters. The van der Waals surface area contributed by atoms with Gasteiger partial charge in [0.2, 0.25) is 0 Å². The highest BCUT2D eigenvalue weighted by Crippen LogP contribution is 2.16. The van der Waals surface area contributed by atoms with Gasteiger partial charge in [0.25, 0.3) is 0 Å². The summed E-state index contributed by atoms with van der Waals surface area (Å²) in [5.74, 6) is 0. The SMILES string of the molecule is SPc1cccc(Cl)c1. The number of hydrogen-bond acceptors (Lipinski definition) is 1. The molecule has 0 bridgehead atoms. The van der Waals surface area contributed by atoms with Crippen molar-refractivity contribution in [2.75, 3.05) is 0 Å². The molecule has 0 aromatic heterocycles. The average Bonchev–Trinajstić information content (AvgIpc) is 1.88. The van der Waals surface area contributed by atoms with Gasteiger partial charge in [-0.2, -0.15) is 0 Å². The van der Waals surface area contributed by atoms with Crippen LogP contribution in [-0.2, 0) is 0 Å². The lowest BCUT2D eigenvalue weighted by atomic mass is 10.4. The van der Waals surface area contributed by atoms with Crippen molar-refractivity contribution in [1.82, 2.24) is 0 Å². The van der Waals surface area contributed by atoms with E-state index in [1.54, 1.807) is 0 Å². The maximum absolute atomic E-state index is 5.69. The van der Waals surface area contributed by atoms with Crippen LogP contribution in [0.5, 0.6) is 0 Å². The zero-order valence-corrected chi connectivity index (χ0v) is 7.28. The van der Waals surface area contributed by atoms with E-state index in [4.69, 9.17) is 11.6 Å². The van der Waals surface area contributed by atoms with Crippen molar-refractivity contribution in [3.63, 3.8) is 0 Å². The second-order valence-corrected chi connectivity index (χ2v) is 3.53. The molecule has 9 heavy (non-hydrogen) atoms. The fourth-order valence-corrected chi connectivity index (χ4v) is 1.65. The third-order valence-electron chi connectivity index (χ3n) is 0.954. The number of benzene rings is 1. The smallest absolute Gasteiger partial charge is 0.0412 e. The molecule has 0 aliphatic carbocycles. The van der Waals surface area contributed by atoms with Crippen molar-refractivity contribution >= 4 is 36.9 Å². The highest BCUT2D eigenvalue weighted by molar-refractivity contribution is 8.40. The lowest BCUT2D eigenvalue weighted by molar-refractivity contribution is 1.77. The Hall–Kier alpha value is 0.290. The molecule has 3 heteroatoms. The normalized spacial score (nSPS) is 10.9. The zero-order chi connectivity index (χ0) is 6.69. The van der Waals surface area contributed by atoms with Crippen LogP contribution in [0.2, 0.25) is 5.02 Å². The van der Waals surface area contributed by atoms with Gasteiger partial charge in [-0.15, -0.1) is 12.2 Å². The van der Waals surface area contributed by atoms with E-state index in [9.17, 15) is 0 Å². The summed E-state index contributed by atoms with van der Waals surface area (Å²) in [6.45, 7) is 0. The first-order valence-corrected chi connectivity index (χ1v) is 5.15. The topological polar surface area (TPSA) is 0 Å². The minimum Gasteiger partial charge on any atom is -0.150 e. The maximum Gasteiger partial charge on any atom is 0.0412 e. The molecule has 0 heterocycles. The van der Waals surface area contributed by atoms with Gasteiger partial charge in [0.05, 0.1) is 0 Å². The van der Waals surface area contributed by atoms with Crippen LogP contribution in [0, 0.1) is 0 Å². The van der Waals surface area contributed by atoms with Gasteiger partial charge in [-0.25, -0.2) is 0 Å². The monoisotopic (exact) mass is 176 g/mol. The molecule has 1 rings (SSSR count). The van der Waals surface area contributed by atoms with E-state index in [-0.39, 0.29) is 0 Å². The minimum absolute atomic E-state index is 0.536. The number of hydrogen-bond donors (Lipinski definition) is 1. The summed E-state index contributed by atoms with van der Waals surface area (Å²) in [5.41, 5.74) is 0.